The van der Waals surface area contributed by atoms with Gasteiger partial charge in [0.25, 0.3) is 0 Å². The molecule has 0 radical (unpaired) electrons. The summed E-state index contributed by atoms with van der Waals surface area (Å²) in [5.41, 5.74) is 2.58. The minimum atomic E-state index is -0.543. The maximum Gasteiger partial charge on any atom is 0.227 e. The molecule has 0 bridgehead atoms. The zero-order chi connectivity index (χ0) is 25.8. The molecule has 2 aromatic carbocycles. The van der Waals surface area contributed by atoms with Gasteiger partial charge in [0.2, 0.25) is 11.8 Å². The summed E-state index contributed by atoms with van der Waals surface area (Å²) < 4.78 is 22.9. The molecule has 2 aromatic rings. The van der Waals surface area contributed by atoms with Crippen LogP contribution in [0.5, 0.6) is 11.5 Å². The number of carbonyl (C=O) groups excluding carboxylic acids is 2. The van der Waals surface area contributed by atoms with Crippen molar-refractivity contribution in [1.29, 1.82) is 0 Å². The minimum absolute atomic E-state index is 0.00326. The number of ether oxygens (including phenoxy) is 4. The summed E-state index contributed by atoms with van der Waals surface area (Å²) in [7, 11) is 1.60. The molecule has 2 saturated heterocycles. The molecule has 0 spiro atoms. The molecule has 3 aliphatic heterocycles. The summed E-state index contributed by atoms with van der Waals surface area (Å²) in [5.74, 6) is 1.22. The van der Waals surface area contributed by atoms with Crippen LogP contribution in [-0.4, -0.2) is 62.2 Å². The first-order chi connectivity index (χ1) is 18.1. The third kappa shape index (κ3) is 5.74. The summed E-state index contributed by atoms with van der Waals surface area (Å²) in [6.45, 7) is 1.36. The number of hydrogen-bond acceptors (Lipinski definition) is 7. The molecule has 2 amide bonds. The van der Waals surface area contributed by atoms with Gasteiger partial charge in [0.15, 0.2) is 0 Å². The van der Waals surface area contributed by atoms with Gasteiger partial charge < -0.3 is 34.7 Å². The first kappa shape index (κ1) is 25.5. The molecule has 9 nitrogen and oxygen atoms in total. The highest BCUT2D eigenvalue weighted by Gasteiger charge is 2.46. The topological polar surface area (TPSA) is 115 Å². The van der Waals surface area contributed by atoms with Gasteiger partial charge in [-0.2, -0.15) is 0 Å². The van der Waals surface area contributed by atoms with E-state index in [0.717, 1.165) is 41.2 Å². The van der Waals surface area contributed by atoms with Crippen molar-refractivity contribution in [1.82, 2.24) is 5.32 Å². The maximum atomic E-state index is 12.8. The number of amides is 2. The second-order valence-electron chi connectivity index (χ2n) is 9.82. The average Bonchev–Trinajstić information content (AvgIpc) is 3.30. The van der Waals surface area contributed by atoms with Crippen molar-refractivity contribution in [2.75, 3.05) is 32.2 Å². The fraction of sp³-hybridized carbons (Fsp3) is 0.500. The molecule has 2 fully saturated rings. The Hall–Kier alpha value is -3.14. The smallest absolute Gasteiger partial charge is 0.227 e. The van der Waals surface area contributed by atoms with Crippen LogP contribution < -0.4 is 20.1 Å². The van der Waals surface area contributed by atoms with E-state index in [9.17, 15) is 14.7 Å². The molecule has 0 aromatic heterocycles. The number of aliphatic hydroxyl groups excluding tert-OH is 1. The number of methoxy groups -OCH3 is 1. The number of aliphatic hydroxyl groups is 1. The van der Waals surface area contributed by atoms with E-state index in [1.165, 1.54) is 0 Å². The molecule has 9 heteroatoms. The molecule has 0 unspecified atom stereocenters. The lowest BCUT2D eigenvalue weighted by Gasteiger charge is -2.37. The zero-order valence-corrected chi connectivity index (χ0v) is 21.0. The van der Waals surface area contributed by atoms with Crippen molar-refractivity contribution < 1.29 is 33.6 Å². The van der Waals surface area contributed by atoms with Crippen molar-refractivity contribution in [2.24, 2.45) is 5.92 Å². The Morgan fingerprint density at radius 1 is 1.14 bits per heavy atom. The Labute approximate surface area is 216 Å². The second kappa shape index (κ2) is 11.5. The number of hydrogen-bond donors (Lipinski definition) is 3. The number of anilines is 1. The van der Waals surface area contributed by atoms with Crippen LogP contribution in [0.1, 0.15) is 42.7 Å². The Morgan fingerprint density at radius 3 is 2.73 bits per heavy atom. The molecule has 5 rings (SSSR count). The van der Waals surface area contributed by atoms with Crippen LogP contribution in [0, 0.1) is 5.92 Å². The van der Waals surface area contributed by atoms with Crippen molar-refractivity contribution in [3.8, 4) is 11.5 Å². The molecule has 3 aliphatic rings. The quantitative estimate of drug-likeness (QED) is 0.500. The number of nitrogens with one attached hydrogen (secondary N) is 2. The normalized spacial score (nSPS) is 24.9. The van der Waals surface area contributed by atoms with E-state index < -0.39 is 6.10 Å². The third-order valence-electron chi connectivity index (χ3n) is 7.44. The number of rotatable bonds is 8. The molecule has 4 atom stereocenters. The highest BCUT2D eigenvalue weighted by molar-refractivity contribution is 5.92. The molecule has 3 N–H and O–H groups in total. The van der Waals surface area contributed by atoms with Crippen LogP contribution in [0.15, 0.2) is 42.5 Å². The largest absolute Gasteiger partial charge is 0.496 e. The second-order valence-corrected chi connectivity index (χ2v) is 9.82. The van der Waals surface area contributed by atoms with Gasteiger partial charge in [-0.15, -0.1) is 0 Å². The Morgan fingerprint density at radius 2 is 1.95 bits per heavy atom. The van der Waals surface area contributed by atoms with E-state index in [4.69, 9.17) is 18.9 Å². The summed E-state index contributed by atoms with van der Waals surface area (Å²) in [6, 6.07) is 13.2. The van der Waals surface area contributed by atoms with Gasteiger partial charge in [0, 0.05) is 48.4 Å². The van der Waals surface area contributed by atoms with Crippen molar-refractivity contribution >= 4 is 17.5 Å². The summed E-state index contributed by atoms with van der Waals surface area (Å²) in [4.78, 5) is 25.5. The molecule has 37 heavy (non-hydrogen) atoms. The zero-order valence-electron chi connectivity index (χ0n) is 21.0. The highest BCUT2D eigenvalue weighted by Crippen LogP contribution is 2.47. The van der Waals surface area contributed by atoms with Gasteiger partial charge in [-0.1, -0.05) is 18.2 Å². The average molecular weight is 511 g/mol. The summed E-state index contributed by atoms with van der Waals surface area (Å²) in [6.07, 6.45) is 0.943. The van der Waals surface area contributed by atoms with Gasteiger partial charge in [0.1, 0.15) is 23.7 Å². The van der Waals surface area contributed by atoms with E-state index in [0.29, 0.717) is 26.2 Å². The fourth-order valence-electron chi connectivity index (χ4n) is 5.49. The van der Waals surface area contributed by atoms with Crippen LogP contribution in [0.25, 0.3) is 0 Å². The first-order valence-electron chi connectivity index (χ1n) is 12.9. The number of benzene rings is 2. The van der Waals surface area contributed by atoms with Gasteiger partial charge in [-0.25, -0.2) is 0 Å². The third-order valence-corrected chi connectivity index (χ3v) is 7.44. The predicted molar refractivity (Wildman–Crippen MR) is 136 cm³/mol. The molecule has 3 heterocycles. The molecule has 0 aliphatic carbocycles. The van der Waals surface area contributed by atoms with Crippen LogP contribution in [0.2, 0.25) is 0 Å². The number of fused-ring (bicyclic) bond motifs is 3. The Kier molecular flexibility index (Phi) is 7.93. The highest BCUT2D eigenvalue weighted by atomic mass is 16.6. The van der Waals surface area contributed by atoms with E-state index in [1.54, 1.807) is 7.11 Å². The van der Waals surface area contributed by atoms with Crippen LogP contribution in [0.4, 0.5) is 5.69 Å². The van der Waals surface area contributed by atoms with E-state index in [2.05, 4.69) is 10.6 Å². The summed E-state index contributed by atoms with van der Waals surface area (Å²) in [5, 5.41) is 16.0. The predicted octanol–water partition coefficient (Wildman–Crippen LogP) is 2.76. The molecular formula is C28H34N2O7. The van der Waals surface area contributed by atoms with E-state index in [1.807, 2.05) is 42.5 Å². The molecule has 198 valence electrons. The van der Waals surface area contributed by atoms with Crippen molar-refractivity contribution in [2.45, 2.75) is 56.5 Å². The van der Waals surface area contributed by atoms with Crippen molar-refractivity contribution in [3.63, 3.8) is 0 Å². The number of carbonyl (C=O) groups is 2. The lowest BCUT2D eigenvalue weighted by atomic mass is 9.84. The van der Waals surface area contributed by atoms with Gasteiger partial charge >= 0.3 is 0 Å². The van der Waals surface area contributed by atoms with Crippen LogP contribution in [0.3, 0.4) is 0 Å². The minimum Gasteiger partial charge on any atom is -0.496 e. The SMILES string of the molecule is COc1ccccc1CNC(=O)C[C@H]1C[C@@H]2c3cc(NC(=O)C4CCOCC4)ccc3O[C@@H]2[C@H](CO)O1. The van der Waals surface area contributed by atoms with Gasteiger partial charge in [-0.05, 0) is 43.5 Å². The van der Waals surface area contributed by atoms with Crippen LogP contribution >= 0.6 is 0 Å². The fourth-order valence-corrected chi connectivity index (χ4v) is 5.49. The maximum absolute atomic E-state index is 12.8. The molecular weight excluding hydrogens is 476 g/mol. The lowest BCUT2D eigenvalue weighted by molar-refractivity contribution is -0.142. The number of para-hydroxylation sites is 1. The Balaban J connectivity index is 1.23. The van der Waals surface area contributed by atoms with E-state index in [-0.39, 0.29) is 48.9 Å². The van der Waals surface area contributed by atoms with Gasteiger partial charge in [-0.3, -0.25) is 9.59 Å². The summed E-state index contributed by atoms with van der Waals surface area (Å²) >= 11 is 0. The lowest BCUT2D eigenvalue weighted by Crippen LogP contribution is -2.47. The van der Waals surface area contributed by atoms with Crippen molar-refractivity contribution in [3.05, 3.63) is 53.6 Å². The van der Waals surface area contributed by atoms with Gasteiger partial charge in [0.05, 0.1) is 26.2 Å². The van der Waals surface area contributed by atoms with Crippen LogP contribution in [-0.2, 0) is 25.6 Å². The monoisotopic (exact) mass is 510 g/mol. The van der Waals surface area contributed by atoms with E-state index >= 15 is 0 Å². The first-order valence-corrected chi connectivity index (χ1v) is 12.9. The Bertz CT molecular complexity index is 1120. The molecule has 0 saturated carbocycles. The standard InChI is InChI=1S/C28H34N2O7/c1-34-23-5-3-2-4-18(23)15-29-26(32)14-20-13-22-21-12-19(30-28(33)17-8-10-35-11-9-17)6-7-24(21)37-27(22)25(16-31)36-20/h2-7,12,17,20,22,25,27,31H,8-11,13-16H2,1H3,(H,29,32)(H,30,33)/t20-,22-,25+,27+/m1/s1.